The van der Waals surface area contributed by atoms with Gasteiger partial charge < -0.3 is 14.2 Å². The van der Waals surface area contributed by atoms with E-state index in [1.54, 1.807) is 31.5 Å². The van der Waals surface area contributed by atoms with E-state index in [1.165, 1.54) is 4.80 Å². The number of esters is 1. The Morgan fingerprint density at radius 2 is 1.97 bits per heavy atom. The molecular formula is C21H23N5O4. The highest BCUT2D eigenvalue weighted by molar-refractivity contribution is 5.98. The number of carbonyl (C=O) groups is 2. The lowest BCUT2D eigenvalue weighted by Gasteiger charge is -2.37. The van der Waals surface area contributed by atoms with Gasteiger partial charge in [-0.1, -0.05) is 17.3 Å². The topological polar surface area (TPSA) is 103 Å². The van der Waals surface area contributed by atoms with E-state index in [0.29, 0.717) is 23.6 Å². The molecule has 0 bridgehead atoms. The summed E-state index contributed by atoms with van der Waals surface area (Å²) < 4.78 is 10.4. The normalized spacial score (nSPS) is 18.9. The van der Waals surface area contributed by atoms with Crippen LogP contribution in [0.2, 0.25) is 0 Å². The molecule has 1 aliphatic heterocycles. The smallest absolute Gasteiger partial charge is 0.360 e. The monoisotopic (exact) mass is 409 g/mol. The third kappa shape index (κ3) is 3.83. The lowest BCUT2D eigenvalue weighted by molar-refractivity contribution is 0.0514. The molecule has 1 aliphatic rings. The van der Waals surface area contributed by atoms with Gasteiger partial charge in [0.05, 0.1) is 30.3 Å². The predicted octanol–water partition coefficient (Wildman–Crippen LogP) is 2.84. The van der Waals surface area contributed by atoms with Gasteiger partial charge in [0, 0.05) is 24.6 Å². The van der Waals surface area contributed by atoms with E-state index in [1.807, 2.05) is 30.0 Å². The molecule has 1 saturated heterocycles. The standard InChI is InChI=1S/C21H23N5O4/c1-3-29-21(28)17-12-19(30-24-17)15-9-8-14(2)25(13-15)20(27)16-6-4-5-7-18(16)26-22-10-11-23-26/h4-7,10-12,14-15H,3,8-9,13H2,1-2H3/t14-,15-/m1/s1. The average molecular weight is 409 g/mol. The number of hydrogen-bond donors (Lipinski definition) is 0. The van der Waals surface area contributed by atoms with Gasteiger partial charge >= 0.3 is 5.97 Å². The average Bonchev–Trinajstić information content (AvgIpc) is 3.46. The van der Waals surface area contributed by atoms with Crippen molar-refractivity contribution in [1.29, 1.82) is 0 Å². The molecular weight excluding hydrogens is 386 g/mol. The Morgan fingerprint density at radius 3 is 2.73 bits per heavy atom. The van der Waals surface area contributed by atoms with Crippen molar-refractivity contribution >= 4 is 11.9 Å². The van der Waals surface area contributed by atoms with E-state index >= 15 is 0 Å². The molecule has 1 fully saturated rings. The van der Waals surface area contributed by atoms with E-state index in [2.05, 4.69) is 15.4 Å². The summed E-state index contributed by atoms with van der Waals surface area (Å²) in [5.41, 5.74) is 1.32. The number of carbonyl (C=O) groups excluding carboxylic acids is 2. The Balaban J connectivity index is 1.56. The van der Waals surface area contributed by atoms with Crippen molar-refractivity contribution in [2.75, 3.05) is 13.2 Å². The maximum Gasteiger partial charge on any atom is 0.360 e. The summed E-state index contributed by atoms with van der Waals surface area (Å²) in [7, 11) is 0. The molecule has 0 aliphatic carbocycles. The number of rotatable bonds is 5. The summed E-state index contributed by atoms with van der Waals surface area (Å²) in [6.07, 6.45) is 4.80. The second kappa shape index (κ2) is 8.48. The van der Waals surface area contributed by atoms with Gasteiger partial charge in [-0.15, -0.1) is 0 Å². The Kier molecular flexibility index (Phi) is 5.60. The van der Waals surface area contributed by atoms with Crippen LogP contribution in [0.4, 0.5) is 0 Å². The first kappa shape index (κ1) is 19.8. The van der Waals surface area contributed by atoms with E-state index in [9.17, 15) is 9.59 Å². The second-order valence-corrected chi connectivity index (χ2v) is 7.25. The minimum Gasteiger partial charge on any atom is -0.461 e. The van der Waals surface area contributed by atoms with Gasteiger partial charge in [0.2, 0.25) is 0 Å². The fourth-order valence-electron chi connectivity index (χ4n) is 3.73. The highest BCUT2D eigenvalue weighted by Crippen LogP contribution is 2.32. The van der Waals surface area contributed by atoms with Gasteiger partial charge in [-0.05, 0) is 38.8 Å². The van der Waals surface area contributed by atoms with Crippen molar-refractivity contribution in [3.05, 3.63) is 59.7 Å². The summed E-state index contributed by atoms with van der Waals surface area (Å²) >= 11 is 0. The lowest BCUT2D eigenvalue weighted by atomic mass is 9.90. The molecule has 9 nitrogen and oxygen atoms in total. The van der Waals surface area contributed by atoms with Crippen molar-refractivity contribution in [2.24, 2.45) is 0 Å². The minimum absolute atomic E-state index is 0.0455. The first-order valence-corrected chi connectivity index (χ1v) is 9.99. The molecule has 0 radical (unpaired) electrons. The predicted molar refractivity (Wildman–Crippen MR) is 106 cm³/mol. The summed E-state index contributed by atoms with van der Waals surface area (Å²) in [5.74, 6) is -0.0592. The summed E-state index contributed by atoms with van der Waals surface area (Å²) in [4.78, 5) is 28.6. The first-order chi connectivity index (χ1) is 14.6. The van der Waals surface area contributed by atoms with E-state index < -0.39 is 5.97 Å². The third-order valence-corrected chi connectivity index (χ3v) is 5.33. The Bertz CT molecular complexity index is 1030. The number of likely N-dealkylation sites (tertiary alicyclic amines) is 1. The van der Waals surface area contributed by atoms with Crippen LogP contribution < -0.4 is 0 Å². The summed E-state index contributed by atoms with van der Waals surface area (Å²) in [6.45, 7) is 4.52. The van der Waals surface area contributed by atoms with Crippen LogP contribution in [-0.2, 0) is 4.74 Å². The van der Waals surface area contributed by atoms with Crippen LogP contribution in [0.3, 0.4) is 0 Å². The third-order valence-electron chi connectivity index (χ3n) is 5.33. The number of aromatic nitrogens is 4. The van der Waals surface area contributed by atoms with Crippen molar-refractivity contribution in [3.8, 4) is 5.69 Å². The molecule has 3 heterocycles. The molecule has 156 valence electrons. The van der Waals surface area contributed by atoms with Crippen molar-refractivity contribution in [3.63, 3.8) is 0 Å². The van der Waals surface area contributed by atoms with Gasteiger partial charge in [-0.25, -0.2) is 4.79 Å². The quantitative estimate of drug-likeness (QED) is 0.597. The molecule has 4 rings (SSSR count). The molecule has 0 unspecified atom stereocenters. The molecule has 0 saturated carbocycles. The highest BCUT2D eigenvalue weighted by atomic mass is 16.5. The molecule has 9 heteroatoms. The number of hydrogen-bond acceptors (Lipinski definition) is 7. The Hall–Kier alpha value is -3.49. The summed E-state index contributed by atoms with van der Waals surface area (Å²) in [6, 6.07) is 8.96. The van der Waals surface area contributed by atoms with Crippen LogP contribution in [0.5, 0.6) is 0 Å². The zero-order valence-corrected chi connectivity index (χ0v) is 16.9. The van der Waals surface area contributed by atoms with Crippen LogP contribution in [0.25, 0.3) is 5.69 Å². The molecule has 0 N–H and O–H groups in total. The van der Waals surface area contributed by atoms with Gasteiger partial charge in [0.25, 0.3) is 5.91 Å². The second-order valence-electron chi connectivity index (χ2n) is 7.25. The molecule has 2 atom stereocenters. The number of amides is 1. The number of benzene rings is 1. The Labute approximate surface area is 173 Å². The maximum atomic E-state index is 13.4. The van der Waals surface area contributed by atoms with Gasteiger partial charge in [-0.3, -0.25) is 4.79 Å². The van der Waals surface area contributed by atoms with Gasteiger partial charge in [0.15, 0.2) is 5.69 Å². The fourth-order valence-corrected chi connectivity index (χ4v) is 3.73. The molecule has 3 aromatic rings. The molecule has 1 amide bonds. The highest BCUT2D eigenvalue weighted by Gasteiger charge is 2.33. The van der Waals surface area contributed by atoms with Crippen molar-refractivity contribution in [2.45, 2.75) is 38.6 Å². The van der Waals surface area contributed by atoms with Crippen molar-refractivity contribution in [1.82, 2.24) is 25.1 Å². The van der Waals surface area contributed by atoms with Crippen molar-refractivity contribution < 1.29 is 18.8 Å². The molecule has 0 spiro atoms. The SMILES string of the molecule is CCOC(=O)c1cc([C@@H]2CC[C@@H](C)N(C(=O)c3ccccc3-n3nccn3)C2)on1. The van der Waals surface area contributed by atoms with Crippen LogP contribution in [-0.4, -0.2) is 56.1 Å². The number of piperidine rings is 1. The van der Waals surface area contributed by atoms with E-state index in [0.717, 1.165) is 12.8 Å². The molecule has 30 heavy (non-hydrogen) atoms. The van der Waals surface area contributed by atoms with Gasteiger partial charge in [-0.2, -0.15) is 15.0 Å². The Morgan fingerprint density at radius 1 is 1.20 bits per heavy atom. The number of nitrogens with zero attached hydrogens (tertiary/aromatic N) is 5. The molecule has 2 aromatic heterocycles. The zero-order chi connectivity index (χ0) is 21.1. The molecule has 1 aromatic carbocycles. The van der Waals surface area contributed by atoms with Crippen LogP contribution in [0, 0.1) is 0 Å². The van der Waals surface area contributed by atoms with Crippen LogP contribution in [0.15, 0.2) is 47.2 Å². The van der Waals surface area contributed by atoms with Crippen LogP contribution in [0.1, 0.15) is 59.2 Å². The van der Waals surface area contributed by atoms with E-state index in [-0.39, 0.29) is 30.2 Å². The minimum atomic E-state index is -0.509. The van der Waals surface area contributed by atoms with Gasteiger partial charge in [0.1, 0.15) is 5.76 Å². The zero-order valence-electron chi connectivity index (χ0n) is 16.9. The van der Waals surface area contributed by atoms with Crippen LogP contribution >= 0.6 is 0 Å². The first-order valence-electron chi connectivity index (χ1n) is 9.99. The number of para-hydroxylation sites is 1. The van der Waals surface area contributed by atoms with E-state index in [4.69, 9.17) is 9.26 Å². The number of ether oxygens (including phenoxy) is 1. The fraction of sp³-hybridized carbons (Fsp3) is 0.381. The summed E-state index contributed by atoms with van der Waals surface area (Å²) in [5, 5.41) is 12.1. The maximum absolute atomic E-state index is 13.4. The lowest BCUT2D eigenvalue weighted by Crippen LogP contribution is -2.45. The largest absolute Gasteiger partial charge is 0.461 e.